The lowest BCUT2D eigenvalue weighted by Crippen LogP contribution is -2.40. The number of ether oxygens (including phenoxy) is 1. The van der Waals surface area contributed by atoms with E-state index in [-0.39, 0.29) is 0 Å². The molecular weight excluding hydrogens is 188 g/mol. The molecule has 0 aromatic heterocycles. The van der Waals surface area contributed by atoms with E-state index in [1.165, 1.54) is 32.5 Å². The van der Waals surface area contributed by atoms with Crippen LogP contribution in [0.15, 0.2) is 0 Å². The second kappa shape index (κ2) is 5.28. The van der Waals surface area contributed by atoms with E-state index in [9.17, 15) is 0 Å². The molecule has 2 aliphatic heterocycles. The van der Waals surface area contributed by atoms with Crippen molar-refractivity contribution in [3.05, 3.63) is 0 Å². The number of nitrogens with zero attached hydrogens (tertiary/aromatic N) is 1. The van der Waals surface area contributed by atoms with E-state index in [0.29, 0.717) is 0 Å². The standard InChI is InChI=1S/C12H24N2O/c1-10-7-13-8-11(10)9-14(2)12-3-5-15-6-4-12/h10-13H,3-9H2,1-2H3/t10-,11+/m1/s1. The van der Waals surface area contributed by atoms with Crippen LogP contribution in [0.1, 0.15) is 19.8 Å². The van der Waals surface area contributed by atoms with E-state index in [2.05, 4.69) is 24.2 Å². The molecule has 0 aromatic carbocycles. The summed E-state index contributed by atoms with van der Waals surface area (Å²) in [4.78, 5) is 2.55. The van der Waals surface area contributed by atoms with Gasteiger partial charge in [0.25, 0.3) is 0 Å². The molecule has 1 N–H and O–H groups in total. The van der Waals surface area contributed by atoms with Crippen LogP contribution in [0.4, 0.5) is 0 Å². The number of hydrogen-bond donors (Lipinski definition) is 1. The molecule has 0 aliphatic carbocycles. The fourth-order valence-electron chi connectivity index (χ4n) is 2.75. The first kappa shape index (κ1) is 11.4. The Labute approximate surface area is 93.2 Å². The monoisotopic (exact) mass is 212 g/mol. The highest BCUT2D eigenvalue weighted by Gasteiger charge is 2.27. The molecule has 2 fully saturated rings. The van der Waals surface area contributed by atoms with Crippen LogP contribution >= 0.6 is 0 Å². The third kappa shape index (κ3) is 2.92. The van der Waals surface area contributed by atoms with Crippen molar-refractivity contribution in [1.82, 2.24) is 10.2 Å². The first-order valence-corrected chi connectivity index (χ1v) is 6.26. The molecular formula is C12H24N2O. The maximum Gasteiger partial charge on any atom is 0.0480 e. The fraction of sp³-hybridized carbons (Fsp3) is 1.00. The summed E-state index contributed by atoms with van der Waals surface area (Å²) in [6.07, 6.45) is 2.43. The van der Waals surface area contributed by atoms with Gasteiger partial charge in [-0.15, -0.1) is 0 Å². The summed E-state index contributed by atoms with van der Waals surface area (Å²) in [5, 5.41) is 3.48. The van der Waals surface area contributed by atoms with Gasteiger partial charge < -0.3 is 15.0 Å². The van der Waals surface area contributed by atoms with Crippen molar-refractivity contribution < 1.29 is 4.74 Å². The predicted molar refractivity (Wildman–Crippen MR) is 62.0 cm³/mol. The summed E-state index contributed by atoms with van der Waals surface area (Å²) in [7, 11) is 2.28. The van der Waals surface area contributed by atoms with Crippen LogP contribution in [0.5, 0.6) is 0 Å². The Morgan fingerprint density at radius 1 is 1.27 bits per heavy atom. The van der Waals surface area contributed by atoms with Gasteiger partial charge in [0.05, 0.1) is 0 Å². The van der Waals surface area contributed by atoms with E-state index < -0.39 is 0 Å². The molecule has 3 heteroatoms. The number of nitrogens with one attached hydrogen (secondary N) is 1. The summed E-state index contributed by atoms with van der Waals surface area (Å²) in [6, 6.07) is 0.756. The van der Waals surface area contributed by atoms with Gasteiger partial charge in [0.2, 0.25) is 0 Å². The zero-order chi connectivity index (χ0) is 10.7. The predicted octanol–water partition coefficient (Wildman–Crippen LogP) is 0.953. The average Bonchev–Trinajstić information content (AvgIpc) is 2.66. The Kier molecular flexibility index (Phi) is 4.00. The molecule has 2 saturated heterocycles. The fourth-order valence-corrected chi connectivity index (χ4v) is 2.75. The summed E-state index contributed by atoms with van der Waals surface area (Å²) in [5.41, 5.74) is 0. The molecule has 0 aromatic rings. The van der Waals surface area contributed by atoms with Gasteiger partial charge in [0.1, 0.15) is 0 Å². The zero-order valence-electron chi connectivity index (χ0n) is 10.0. The third-order valence-electron chi connectivity index (χ3n) is 4.01. The van der Waals surface area contributed by atoms with Crippen LogP contribution < -0.4 is 5.32 Å². The van der Waals surface area contributed by atoms with Crippen LogP contribution in [0.25, 0.3) is 0 Å². The quantitative estimate of drug-likeness (QED) is 0.754. The second-order valence-corrected chi connectivity index (χ2v) is 5.18. The van der Waals surface area contributed by atoms with Crippen molar-refractivity contribution in [1.29, 1.82) is 0 Å². The molecule has 88 valence electrons. The minimum atomic E-state index is 0.756. The Morgan fingerprint density at radius 3 is 2.60 bits per heavy atom. The first-order valence-electron chi connectivity index (χ1n) is 6.26. The summed E-state index contributed by atoms with van der Waals surface area (Å²) in [6.45, 7) is 7.92. The van der Waals surface area contributed by atoms with Gasteiger partial charge in [0.15, 0.2) is 0 Å². The van der Waals surface area contributed by atoms with Crippen LogP contribution in [0.3, 0.4) is 0 Å². The minimum absolute atomic E-state index is 0.756. The van der Waals surface area contributed by atoms with Crippen LogP contribution in [-0.2, 0) is 4.74 Å². The van der Waals surface area contributed by atoms with Crippen molar-refractivity contribution in [3.63, 3.8) is 0 Å². The van der Waals surface area contributed by atoms with E-state index in [0.717, 1.165) is 31.1 Å². The number of rotatable bonds is 3. The molecule has 15 heavy (non-hydrogen) atoms. The van der Waals surface area contributed by atoms with Gasteiger partial charge in [-0.05, 0) is 44.8 Å². The van der Waals surface area contributed by atoms with E-state index in [1.54, 1.807) is 0 Å². The molecule has 0 radical (unpaired) electrons. The maximum atomic E-state index is 5.40. The molecule has 2 heterocycles. The molecule has 0 saturated carbocycles. The highest BCUT2D eigenvalue weighted by atomic mass is 16.5. The second-order valence-electron chi connectivity index (χ2n) is 5.18. The molecule has 0 bridgehead atoms. The average molecular weight is 212 g/mol. The molecule has 0 unspecified atom stereocenters. The highest BCUT2D eigenvalue weighted by molar-refractivity contribution is 4.82. The van der Waals surface area contributed by atoms with Crippen molar-refractivity contribution in [2.45, 2.75) is 25.8 Å². The summed E-state index contributed by atoms with van der Waals surface area (Å²) in [5.74, 6) is 1.69. The van der Waals surface area contributed by atoms with Gasteiger partial charge in [0, 0.05) is 25.8 Å². The van der Waals surface area contributed by atoms with E-state index >= 15 is 0 Å². The van der Waals surface area contributed by atoms with E-state index in [4.69, 9.17) is 4.74 Å². The maximum absolute atomic E-state index is 5.40. The topological polar surface area (TPSA) is 24.5 Å². The summed E-state index contributed by atoms with van der Waals surface area (Å²) < 4.78 is 5.40. The third-order valence-corrected chi connectivity index (χ3v) is 4.01. The molecule has 0 amide bonds. The lowest BCUT2D eigenvalue weighted by atomic mass is 9.96. The summed E-state index contributed by atoms with van der Waals surface area (Å²) >= 11 is 0. The van der Waals surface area contributed by atoms with Crippen LogP contribution in [0.2, 0.25) is 0 Å². The molecule has 2 aliphatic rings. The minimum Gasteiger partial charge on any atom is -0.381 e. The zero-order valence-corrected chi connectivity index (χ0v) is 10.0. The lowest BCUT2D eigenvalue weighted by molar-refractivity contribution is 0.0374. The van der Waals surface area contributed by atoms with Crippen molar-refractivity contribution in [2.24, 2.45) is 11.8 Å². The Morgan fingerprint density at radius 2 is 2.00 bits per heavy atom. The smallest absolute Gasteiger partial charge is 0.0480 e. The molecule has 3 nitrogen and oxygen atoms in total. The van der Waals surface area contributed by atoms with Gasteiger partial charge in [-0.3, -0.25) is 0 Å². The highest BCUT2D eigenvalue weighted by Crippen LogP contribution is 2.20. The Hall–Kier alpha value is -0.120. The normalized spacial score (nSPS) is 33.8. The van der Waals surface area contributed by atoms with Crippen LogP contribution in [-0.4, -0.2) is 50.8 Å². The molecule has 2 rings (SSSR count). The van der Waals surface area contributed by atoms with Crippen molar-refractivity contribution in [2.75, 3.05) is 39.9 Å². The SMILES string of the molecule is C[C@@H]1CNC[C@H]1CN(C)C1CCOCC1. The Bertz CT molecular complexity index is 192. The van der Waals surface area contributed by atoms with Crippen molar-refractivity contribution >= 4 is 0 Å². The molecule has 2 atom stereocenters. The van der Waals surface area contributed by atoms with Gasteiger partial charge >= 0.3 is 0 Å². The van der Waals surface area contributed by atoms with Gasteiger partial charge in [-0.2, -0.15) is 0 Å². The van der Waals surface area contributed by atoms with Crippen molar-refractivity contribution in [3.8, 4) is 0 Å². The first-order chi connectivity index (χ1) is 7.27. The largest absolute Gasteiger partial charge is 0.381 e. The Balaban J connectivity index is 1.77. The molecule has 0 spiro atoms. The van der Waals surface area contributed by atoms with Gasteiger partial charge in [-0.25, -0.2) is 0 Å². The lowest BCUT2D eigenvalue weighted by Gasteiger charge is -2.33. The van der Waals surface area contributed by atoms with Crippen LogP contribution in [0, 0.1) is 11.8 Å². The number of hydrogen-bond acceptors (Lipinski definition) is 3. The van der Waals surface area contributed by atoms with E-state index in [1.807, 2.05) is 0 Å². The van der Waals surface area contributed by atoms with Gasteiger partial charge in [-0.1, -0.05) is 6.92 Å².